The lowest BCUT2D eigenvalue weighted by atomic mass is 9.99. The van der Waals surface area contributed by atoms with Gasteiger partial charge in [0, 0.05) is 21.2 Å². The minimum atomic E-state index is 0.287. The van der Waals surface area contributed by atoms with Crippen LogP contribution in [0.5, 0.6) is 5.88 Å². The first kappa shape index (κ1) is 16.3. The quantitative estimate of drug-likeness (QED) is 0.614. The Morgan fingerprint density at radius 1 is 0.917 bits per heavy atom. The Kier molecular flexibility index (Phi) is 4.71. The van der Waals surface area contributed by atoms with Crippen molar-refractivity contribution < 1.29 is 4.74 Å². The Bertz CT molecular complexity index is 914. The van der Waals surface area contributed by atoms with E-state index < -0.39 is 0 Å². The second-order valence-electron chi connectivity index (χ2n) is 5.06. The highest BCUT2D eigenvalue weighted by Crippen LogP contribution is 2.34. The van der Waals surface area contributed by atoms with Gasteiger partial charge >= 0.3 is 0 Å². The molecule has 0 aliphatic carbocycles. The number of hydrogen-bond acceptors (Lipinski definition) is 3. The van der Waals surface area contributed by atoms with Gasteiger partial charge in [0.1, 0.15) is 11.6 Å². The Morgan fingerprint density at radius 3 is 1.96 bits per heavy atom. The molecule has 0 fully saturated rings. The number of methoxy groups -OCH3 is 1. The number of hydrogen-bond donors (Lipinski definition) is 0. The van der Waals surface area contributed by atoms with Gasteiger partial charge in [-0.3, -0.25) is 0 Å². The van der Waals surface area contributed by atoms with Crippen LogP contribution in [0.1, 0.15) is 5.56 Å². The fourth-order valence-corrected chi connectivity index (χ4v) is 2.66. The summed E-state index contributed by atoms with van der Waals surface area (Å²) in [5.74, 6) is 0.287. The molecule has 3 rings (SSSR count). The smallest absolute Gasteiger partial charge is 0.232 e. The van der Waals surface area contributed by atoms with Crippen molar-refractivity contribution in [3.05, 3.63) is 70.2 Å². The molecule has 0 saturated carbocycles. The molecule has 118 valence electrons. The lowest BCUT2D eigenvalue weighted by Crippen LogP contribution is -1.97. The van der Waals surface area contributed by atoms with E-state index in [1.165, 1.54) is 7.11 Å². The average Bonchev–Trinajstić information content (AvgIpc) is 2.62. The molecule has 3 nitrogen and oxygen atoms in total. The molecule has 0 atom stereocenters. The fraction of sp³-hybridized carbons (Fsp3) is 0.0526. The zero-order valence-corrected chi connectivity index (χ0v) is 14.3. The second-order valence-corrected chi connectivity index (χ2v) is 5.94. The molecule has 0 spiro atoms. The molecule has 3 aromatic rings. The van der Waals surface area contributed by atoms with Crippen LogP contribution in [0, 0.1) is 11.3 Å². The van der Waals surface area contributed by atoms with Crippen molar-refractivity contribution in [1.29, 1.82) is 5.26 Å². The molecule has 0 unspecified atom stereocenters. The summed E-state index contributed by atoms with van der Waals surface area (Å²) in [5.41, 5.74) is 3.58. The van der Waals surface area contributed by atoms with Crippen molar-refractivity contribution in [2.45, 2.75) is 0 Å². The first-order chi connectivity index (χ1) is 11.6. The predicted octanol–water partition coefficient (Wildman–Crippen LogP) is 5.60. The summed E-state index contributed by atoms with van der Waals surface area (Å²) in [6.07, 6.45) is 0. The molecule has 2 aromatic carbocycles. The summed E-state index contributed by atoms with van der Waals surface area (Å²) < 4.78 is 5.32. The largest absolute Gasteiger partial charge is 0.480 e. The van der Waals surface area contributed by atoms with E-state index in [2.05, 4.69) is 11.1 Å². The van der Waals surface area contributed by atoms with Crippen LogP contribution in [0.25, 0.3) is 22.4 Å². The van der Waals surface area contributed by atoms with Crippen LogP contribution in [0.4, 0.5) is 0 Å². The molecule has 0 N–H and O–H groups in total. The molecular weight excluding hydrogens is 343 g/mol. The minimum absolute atomic E-state index is 0.287. The van der Waals surface area contributed by atoms with E-state index in [0.717, 1.165) is 16.7 Å². The van der Waals surface area contributed by atoms with Crippen LogP contribution in [0.15, 0.2) is 54.6 Å². The zero-order valence-electron chi connectivity index (χ0n) is 12.8. The fourth-order valence-electron chi connectivity index (χ4n) is 2.40. The third-order valence-electron chi connectivity index (χ3n) is 3.59. The second kappa shape index (κ2) is 6.92. The van der Waals surface area contributed by atoms with Crippen LogP contribution >= 0.6 is 23.2 Å². The van der Waals surface area contributed by atoms with Gasteiger partial charge in [-0.25, -0.2) is 4.98 Å². The molecule has 0 aliphatic rings. The van der Waals surface area contributed by atoms with Crippen LogP contribution in [0.2, 0.25) is 10.0 Å². The normalized spacial score (nSPS) is 10.2. The maximum Gasteiger partial charge on any atom is 0.232 e. The Balaban J connectivity index is 2.23. The number of rotatable bonds is 3. The van der Waals surface area contributed by atoms with Crippen molar-refractivity contribution in [3.63, 3.8) is 0 Å². The van der Waals surface area contributed by atoms with Gasteiger partial charge in [0.2, 0.25) is 5.88 Å². The molecule has 0 bridgehead atoms. The molecule has 1 aromatic heterocycles. The number of halogens is 2. The topological polar surface area (TPSA) is 45.9 Å². The standard InChI is InChI=1S/C19H12Cl2N2O/c1-24-19-17(11-22)16(12-2-6-14(20)7-3-12)10-18(23-19)13-4-8-15(21)9-5-13/h2-10H,1H3. The summed E-state index contributed by atoms with van der Waals surface area (Å²) in [7, 11) is 1.50. The van der Waals surface area contributed by atoms with Gasteiger partial charge in [-0.1, -0.05) is 47.5 Å². The maximum absolute atomic E-state index is 9.53. The van der Waals surface area contributed by atoms with Crippen molar-refractivity contribution in [2.75, 3.05) is 7.11 Å². The predicted molar refractivity (Wildman–Crippen MR) is 96.4 cm³/mol. The number of pyridine rings is 1. The van der Waals surface area contributed by atoms with Gasteiger partial charge in [-0.15, -0.1) is 0 Å². The van der Waals surface area contributed by atoms with Crippen LogP contribution in [-0.4, -0.2) is 12.1 Å². The molecule has 0 amide bonds. The van der Waals surface area contributed by atoms with Gasteiger partial charge in [-0.05, 0) is 35.9 Å². The van der Waals surface area contributed by atoms with E-state index >= 15 is 0 Å². The molecule has 5 heteroatoms. The molecule has 24 heavy (non-hydrogen) atoms. The molecular formula is C19H12Cl2N2O. The third-order valence-corrected chi connectivity index (χ3v) is 4.09. The van der Waals surface area contributed by atoms with Crippen molar-refractivity contribution in [1.82, 2.24) is 4.98 Å². The molecule has 1 heterocycles. The minimum Gasteiger partial charge on any atom is -0.480 e. The number of nitrogens with zero attached hydrogens (tertiary/aromatic N) is 2. The Hall–Kier alpha value is -2.54. The monoisotopic (exact) mass is 354 g/mol. The van der Waals surface area contributed by atoms with Crippen molar-refractivity contribution in [2.24, 2.45) is 0 Å². The Morgan fingerprint density at radius 2 is 1.46 bits per heavy atom. The SMILES string of the molecule is COc1nc(-c2ccc(Cl)cc2)cc(-c2ccc(Cl)cc2)c1C#N. The third kappa shape index (κ3) is 3.21. The molecule has 0 radical (unpaired) electrons. The van der Waals surface area contributed by atoms with E-state index in [1.54, 1.807) is 24.3 Å². The zero-order chi connectivity index (χ0) is 17.1. The van der Waals surface area contributed by atoms with Gasteiger partial charge in [0.15, 0.2) is 0 Å². The maximum atomic E-state index is 9.53. The van der Waals surface area contributed by atoms with Gasteiger partial charge in [0.05, 0.1) is 12.8 Å². The highest BCUT2D eigenvalue weighted by molar-refractivity contribution is 6.30. The number of aromatic nitrogens is 1. The number of ether oxygens (including phenoxy) is 1. The number of benzene rings is 2. The van der Waals surface area contributed by atoms with Gasteiger partial charge < -0.3 is 4.74 Å². The van der Waals surface area contributed by atoms with Crippen LogP contribution < -0.4 is 4.74 Å². The summed E-state index contributed by atoms with van der Waals surface area (Å²) in [5, 5.41) is 10.8. The average molecular weight is 355 g/mol. The van der Waals surface area contributed by atoms with Crippen molar-refractivity contribution >= 4 is 23.2 Å². The van der Waals surface area contributed by atoms with Crippen LogP contribution in [-0.2, 0) is 0 Å². The molecule has 0 aliphatic heterocycles. The summed E-state index contributed by atoms with van der Waals surface area (Å²) in [6, 6.07) is 18.7. The molecule has 0 saturated heterocycles. The van der Waals surface area contributed by atoms with E-state index in [1.807, 2.05) is 30.3 Å². The van der Waals surface area contributed by atoms with Crippen LogP contribution in [0.3, 0.4) is 0 Å². The van der Waals surface area contributed by atoms with Gasteiger partial charge in [-0.2, -0.15) is 5.26 Å². The summed E-state index contributed by atoms with van der Waals surface area (Å²) in [6.45, 7) is 0. The highest BCUT2D eigenvalue weighted by atomic mass is 35.5. The lowest BCUT2D eigenvalue weighted by molar-refractivity contribution is 0.397. The number of nitriles is 1. The van der Waals surface area contributed by atoms with E-state index in [-0.39, 0.29) is 5.88 Å². The van der Waals surface area contributed by atoms with Gasteiger partial charge in [0.25, 0.3) is 0 Å². The summed E-state index contributed by atoms with van der Waals surface area (Å²) >= 11 is 11.9. The van der Waals surface area contributed by atoms with E-state index in [0.29, 0.717) is 21.3 Å². The highest BCUT2D eigenvalue weighted by Gasteiger charge is 2.15. The first-order valence-corrected chi connectivity index (χ1v) is 7.89. The van der Waals surface area contributed by atoms with E-state index in [9.17, 15) is 5.26 Å². The summed E-state index contributed by atoms with van der Waals surface area (Å²) in [4.78, 5) is 4.45. The first-order valence-electron chi connectivity index (χ1n) is 7.13. The lowest BCUT2D eigenvalue weighted by Gasteiger charge is -2.12. The van der Waals surface area contributed by atoms with Crippen molar-refractivity contribution in [3.8, 4) is 34.3 Å². The Labute approximate surface area is 150 Å². The van der Waals surface area contributed by atoms with E-state index in [4.69, 9.17) is 27.9 Å².